The molecular weight excluding hydrogens is 254 g/mol. The number of aromatic carboxylic acids is 1. The molecule has 2 rings (SSSR count). The number of carbonyl (C=O) groups is 1. The van der Waals surface area contributed by atoms with E-state index >= 15 is 0 Å². The molecule has 1 heterocycles. The van der Waals surface area contributed by atoms with Crippen LogP contribution in [0.15, 0.2) is 24.3 Å². The zero-order valence-corrected chi connectivity index (χ0v) is 12.4. The standard InChI is InChI=1S/C16H21NO3/c1-5-14(20-4)10(2)17-11(3)15(16(18)19)12-8-6-7-9-13(12)17/h6-10,14H,5H2,1-4H3,(H,18,19). The number of fused-ring (bicyclic) bond motifs is 1. The zero-order valence-electron chi connectivity index (χ0n) is 12.4. The van der Waals surface area contributed by atoms with Crippen LogP contribution >= 0.6 is 0 Å². The van der Waals surface area contributed by atoms with Crippen LogP contribution in [0.4, 0.5) is 0 Å². The number of benzene rings is 1. The second kappa shape index (κ2) is 5.67. The van der Waals surface area contributed by atoms with Crippen LogP contribution in [0.25, 0.3) is 10.9 Å². The van der Waals surface area contributed by atoms with E-state index in [1.807, 2.05) is 31.2 Å². The third-order valence-corrected chi connectivity index (χ3v) is 4.02. The van der Waals surface area contributed by atoms with Gasteiger partial charge in [0.15, 0.2) is 0 Å². The molecule has 0 radical (unpaired) electrons. The van der Waals surface area contributed by atoms with Gasteiger partial charge < -0.3 is 14.4 Å². The fraction of sp³-hybridized carbons (Fsp3) is 0.438. The van der Waals surface area contributed by atoms with Crippen molar-refractivity contribution < 1.29 is 14.6 Å². The molecule has 2 atom stereocenters. The lowest BCUT2D eigenvalue weighted by molar-refractivity contribution is 0.0601. The third kappa shape index (κ3) is 2.20. The summed E-state index contributed by atoms with van der Waals surface area (Å²) in [5.74, 6) is -0.880. The summed E-state index contributed by atoms with van der Waals surface area (Å²) < 4.78 is 7.60. The van der Waals surface area contributed by atoms with E-state index in [-0.39, 0.29) is 12.1 Å². The normalized spacial score (nSPS) is 14.4. The van der Waals surface area contributed by atoms with Crippen molar-refractivity contribution in [3.63, 3.8) is 0 Å². The van der Waals surface area contributed by atoms with Gasteiger partial charge in [-0.15, -0.1) is 0 Å². The van der Waals surface area contributed by atoms with E-state index in [1.54, 1.807) is 7.11 Å². The Hall–Kier alpha value is -1.81. The van der Waals surface area contributed by atoms with Gasteiger partial charge in [0.25, 0.3) is 0 Å². The first-order valence-corrected chi connectivity index (χ1v) is 6.88. The summed E-state index contributed by atoms with van der Waals surface area (Å²) >= 11 is 0. The monoisotopic (exact) mass is 275 g/mol. The molecule has 0 bridgehead atoms. The first-order valence-electron chi connectivity index (χ1n) is 6.88. The molecule has 0 aliphatic heterocycles. The van der Waals surface area contributed by atoms with Crippen LogP contribution in [-0.2, 0) is 4.74 Å². The van der Waals surface area contributed by atoms with E-state index in [2.05, 4.69) is 18.4 Å². The van der Waals surface area contributed by atoms with Gasteiger partial charge in [-0.2, -0.15) is 0 Å². The topological polar surface area (TPSA) is 51.5 Å². The van der Waals surface area contributed by atoms with Crippen LogP contribution in [0, 0.1) is 6.92 Å². The predicted octanol–water partition coefficient (Wildman–Crippen LogP) is 3.63. The number of ether oxygens (including phenoxy) is 1. The Morgan fingerprint density at radius 3 is 2.60 bits per heavy atom. The highest BCUT2D eigenvalue weighted by Gasteiger charge is 2.25. The average molecular weight is 275 g/mol. The number of carboxylic acids is 1. The van der Waals surface area contributed by atoms with E-state index in [0.717, 1.165) is 23.0 Å². The van der Waals surface area contributed by atoms with Crippen LogP contribution in [0.2, 0.25) is 0 Å². The van der Waals surface area contributed by atoms with E-state index in [1.165, 1.54) is 0 Å². The summed E-state index contributed by atoms with van der Waals surface area (Å²) in [7, 11) is 1.70. The summed E-state index contributed by atoms with van der Waals surface area (Å²) in [5, 5.41) is 10.3. The summed E-state index contributed by atoms with van der Waals surface area (Å²) in [6.07, 6.45) is 0.942. The molecule has 20 heavy (non-hydrogen) atoms. The molecule has 2 aromatic rings. The Kier molecular flexibility index (Phi) is 4.14. The van der Waals surface area contributed by atoms with Crippen molar-refractivity contribution in [2.24, 2.45) is 0 Å². The highest BCUT2D eigenvalue weighted by molar-refractivity contribution is 6.05. The number of rotatable bonds is 5. The van der Waals surface area contributed by atoms with Crippen LogP contribution in [0.3, 0.4) is 0 Å². The van der Waals surface area contributed by atoms with Gasteiger partial charge in [-0.25, -0.2) is 4.79 Å². The van der Waals surface area contributed by atoms with E-state index in [0.29, 0.717) is 5.56 Å². The van der Waals surface area contributed by atoms with Crippen molar-refractivity contribution in [2.75, 3.05) is 7.11 Å². The molecule has 4 nitrogen and oxygen atoms in total. The lowest BCUT2D eigenvalue weighted by atomic mass is 10.1. The highest BCUT2D eigenvalue weighted by Crippen LogP contribution is 2.31. The maximum absolute atomic E-state index is 11.5. The molecule has 0 aliphatic rings. The van der Waals surface area contributed by atoms with Crippen molar-refractivity contribution in [2.45, 2.75) is 39.3 Å². The van der Waals surface area contributed by atoms with Crippen molar-refractivity contribution in [1.29, 1.82) is 0 Å². The summed E-state index contributed by atoms with van der Waals surface area (Å²) in [6.45, 7) is 6.01. The molecule has 0 fully saturated rings. The van der Waals surface area contributed by atoms with E-state index < -0.39 is 5.97 Å². The molecular formula is C16H21NO3. The molecule has 1 aromatic carbocycles. The van der Waals surface area contributed by atoms with Gasteiger partial charge in [0.1, 0.15) is 0 Å². The minimum absolute atomic E-state index is 0.0613. The average Bonchev–Trinajstić information content (AvgIpc) is 2.71. The van der Waals surface area contributed by atoms with Gasteiger partial charge in [-0.1, -0.05) is 25.1 Å². The van der Waals surface area contributed by atoms with Crippen molar-refractivity contribution >= 4 is 16.9 Å². The minimum atomic E-state index is -0.880. The second-order valence-corrected chi connectivity index (χ2v) is 5.08. The predicted molar refractivity (Wildman–Crippen MR) is 79.4 cm³/mol. The molecule has 0 spiro atoms. The minimum Gasteiger partial charge on any atom is -0.478 e. The highest BCUT2D eigenvalue weighted by atomic mass is 16.5. The Morgan fingerprint density at radius 1 is 1.40 bits per heavy atom. The van der Waals surface area contributed by atoms with Crippen molar-refractivity contribution in [1.82, 2.24) is 4.57 Å². The molecule has 108 valence electrons. The Labute approximate surface area is 119 Å². The molecule has 1 N–H and O–H groups in total. The number of para-hydroxylation sites is 1. The largest absolute Gasteiger partial charge is 0.478 e. The molecule has 1 aromatic heterocycles. The molecule has 4 heteroatoms. The molecule has 2 unspecified atom stereocenters. The Morgan fingerprint density at radius 2 is 2.05 bits per heavy atom. The summed E-state index contributed by atoms with van der Waals surface area (Å²) in [5.41, 5.74) is 2.12. The first-order chi connectivity index (χ1) is 9.52. The maximum atomic E-state index is 11.5. The lowest BCUT2D eigenvalue weighted by Crippen LogP contribution is -2.24. The SMILES string of the molecule is CCC(OC)C(C)n1c(C)c(C(=O)O)c2ccccc21. The van der Waals surface area contributed by atoms with Gasteiger partial charge in [0.2, 0.25) is 0 Å². The van der Waals surface area contributed by atoms with Crippen molar-refractivity contribution in [3.05, 3.63) is 35.5 Å². The quantitative estimate of drug-likeness (QED) is 0.906. The van der Waals surface area contributed by atoms with Gasteiger partial charge in [-0.05, 0) is 26.3 Å². The number of nitrogens with zero attached hydrogens (tertiary/aromatic N) is 1. The smallest absolute Gasteiger partial charge is 0.338 e. The van der Waals surface area contributed by atoms with Gasteiger partial charge >= 0.3 is 5.97 Å². The molecule has 0 amide bonds. The van der Waals surface area contributed by atoms with Crippen LogP contribution in [0.5, 0.6) is 0 Å². The third-order valence-electron chi connectivity index (χ3n) is 4.02. The van der Waals surface area contributed by atoms with Crippen LogP contribution < -0.4 is 0 Å². The van der Waals surface area contributed by atoms with E-state index in [4.69, 9.17) is 4.74 Å². The van der Waals surface area contributed by atoms with Gasteiger partial charge in [0.05, 0.1) is 17.7 Å². The van der Waals surface area contributed by atoms with E-state index in [9.17, 15) is 9.90 Å². The van der Waals surface area contributed by atoms with Crippen LogP contribution in [-0.4, -0.2) is 28.9 Å². The fourth-order valence-electron chi connectivity index (χ4n) is 3.06. The van der Waals surface area contributed by atoms with Gasteiger partial charge in [0, 0.05) is 23.7 Å². The Balaban J connectivity index is 2.70. The summed E-state index contributed by atoms with van der Waals surface area (Å²) in [4.78, 5) is 11.5. The second-order valence-electron chi connectivity index (χ2n) is 5.08. The molecule has 0 saturated heterocycles. The number of hydrogen-bond donors (Lipinski definition) is 1. The van der Waals surface area contributed by atoms with Crippen LogP contribution in [0.1, 0.15) is 42.4 Å². The molecule has 0 aliphatic carbocycles. The number of methoxy groups -OCH3 is 1. The fourth-order valence-corrected chi connectivity index (χ4v) is 3.06. The van der Waals surface area contributed by atoms with Crippen molar-refractivity contribution in [3.8, 4) is 0 Å². The number of hydrogen-bond acceptors (Lipinski definition) is 2. The summed E-state index contributed by atoms with van der Waals surface area (Å²) in [6, 6.07) is 7.72. The maximum Gasteiger partial charge on any atom is 0.338 e. The first kappa shape index (κ1) is 14.6. The zero-order chi connectivity index (χ0) is 14.9. The van der Waals surface area contributed by atoms with Gasteiger partial charge in [-0.3, -0.25) is 0 Å². The molecule has 0 saturated carbocycles. The number of aromatic nitrogens is 1. The Bertz CT molecular complexity index is 626. The lowest BCUT2D eigenvalue weighted by Gasteiger charge is -2.25. The number of carboxylic acid groups (broad SMARTS) is 1.